The van der Waals surface area contributed by atoms with E-state index in [0.29, 0.717) is 5.41 Å². The van der Waals surface area contributed by atoms with Crippen LogP contribution in [0.4, 0.5) is 0 Å². The fourth-order valence-corrected chi connectivity index (χ4v) is 2.45. The third-order valence-electron chi connectivity index (χ3n) is 3.34. The molecular weight excluding hydrogens is 194 g/mol. The van der Waals surface area contributed by atoms with Gasteiger partial charge in [-0.05, 0) is 18.4 Å². The SMILES string of the molecule is Cl.NCC1(c2ccccc2)CCCC1. The summed E-state index contributed by atoms with van der Waals surface area (Å²) >= 11 is 0. The van der Waals surface area contributed by atoms with Crippen LogP contribution in [0.3, 0.4) is 0 Å². The monoisotopic (exact) mass is 211 g/mol. The number of nitrogens with two attached hydrogens (primary N) is 1. The van der Waals surface area contributed by atoms with Crippen molar-refractivity contribution in [3.05, 3.63) is 35.9 Å². The molecular formula is C12H18ClN. The average molecular weight is 212 g/mol. The molecule has 2 heteroatoms. The second-order valence-corrected chi connectivity index (χ2v) is 4.06. The molecule has 1 aromatic carbocycles. The highest BCUT2D eigenvalue weighted by Gasteiger charge is 2.33. The van der Waals surface area contributed by atoms with Crippen molar-refractivity contribution in [2.24, 2.45) is 5.73 Å². The van der Waals surface area contributed by atoms with Gasteiger partial charge < -0.3 is 5.73 Å². The van der Waals surface area contributed by atoms with Crippen LogP contribution in [0.15, 0.2) is 30.3 Å². The quantitative estimate of drug-likeness (QED) is 0.800. The number of hydrogen-bond donors (Lipinski definition) is 1. The fraction of sp³-hybridized carbons (Fsp3) is 0.500. The van der Waals surface area contributed by atoms with E-state index in [1.54, 1.807) is 0 Å². The Labute approximate surface area is 92.1 Å². The molecule has 0 amide bonds. The molecule has 1 aromatic rings. The molecule has 1 nitrogen and oxygen atoms in total. The molecule has 14 heavy (non-hydrogen) atoms. The molecule has 1 fully saturated rings. The van der Waals surface area contributed by atoms with Crippen LogP contribution in [0.5, 0.6) is 0 Å². The molecule has 1 aliphatic rings. The molecule has 0 aliphatic heterocycles. The highest BCUT2D eigenvalue weighted by Crippen LogP contribution is 2.39. The van der Waals surface area contributed by atoms with Crippen molar-refractivity contribution in [2.75, 3.05) is 6.54 Å². The van der Waals surface area contributed by atoms with Gasteiger partial charge >= 0.3 is 0 Å². The lowest BCUT2D eigenvalue weighted by Gasteiger charge is -2.27. The Bertz CT molecular complexity index is 265. The summed E-state index contributed by atoms with van der Waals surface area (Å²) < 4.78 is 0. The van der Waals surface area contributed by atoms with Gasteiger partial charge in [-0.1, -0.05) is 43.2 Å². The number of rotatable bonds is 2. The maximum absolute atomic E-state index is 5.90. The molecule has 0 unspecified atom stereocenters. The topological polar surface area (TPSA) is 26.0 Å². The van der Waals surface area contributed by atoms with E-state index in [9.17, 15) is 0 Å². The zero-order valence-corrected chi connectivity index (χ0v) is 9.22. The van der Waals surface area contributed by atoms with Gasteiger partial charge in [0.25, 0.3) is 0 Å². The zero-order valence-electron chi connectivity index (χ0n) is 8.41. The van der Waals surface area contributed by atoms with Gasteiger partial charge in [-0.2, -0.15) is 0 Å². The summed E-state index contributed by atoms with van der Waals surface area (Å²) in [5.74, 6) is 0. The van der Waals surface area contributed by atoms with Crippen molar-refractivity contribution in [3.8, 4) is 0 Å². The molecule has 1 saturated carbocycles. The standard InChI is InChI=1S/C12H17N.ClH/c13-10-12(8-4-5-9-12)11-6-2-1-3-7-11;/h1-3,6-7H,4-5,8-10,13H2;1H. The van der Waals surface area contributed by atoms with E-state index in [-0.39, 0.29) is 12.4 Å². The third-order valence-corrected chi connectivity index (χ3v) is 3.34. The summed E-state index contributed by atoms with van der Waals surface area (Å²) in [5, 5.41) is 0. The second-order valence-electron chi connectivity index (χ2n) is 4.06. The van der Waals surface area contributed by atoms with Crippen molar-refractivity contribution in [2.45, 2.75) is 31.1 Å². The first kappa shape index (κ1) is 11.5. The van der Waals surface area contributed by atoms with E-state index in [1.165, 1.54) is 31.2 Å². The maximum atomic E-state index is 5.90. The summed E-state index contributed by atoms with van der Waals surface area (Å²) in [5.41, 5.74) is 7.65. The first-order valence-corrected chi connectivity index (χ1v) is 5.13. The van der Waals surface area contributed by atoms with E-state index in [4.69, 9.17) is 5.73 Å². The fourth-order valence-electron chi connectivity index (χ4n) is 2.45. The first-order valence-electron chi connectivity index (χ1n) is 5.13. The molecule has 0 bridgehead atoms. The van der Waals surface area contributed by atoms with Gasteiger partial charge in [0.2, 0.25) is 0 Å². The van der Waals surface area contributed by atoms with Crippen molar-refractivity contribution < 1.29 is 0 Å². The number of hydrogen-bond acceptors (Lipinski definition) is 1. The summed E-state index contributed by atoms with van der Waals surface area (Å²) in [7, 11) is 0. The molecule has 2 rings (SSSR count). The van der Waals surface area contributed by atoms with Crippen LogP contribution in [0, 0.1) is 0 Å². The Morgan fingerprint density at radius 3 is 2.14 bits per heavy atom. The van der Waals surface area contributed by atoms with Crippen LogP contribution in [0.2, 0.25) is 0 Å². The second kappa shape index (κ2) is 4.81. The summed E-state index contributed by atoms with van der Waals surface area (Å²) in [6.07, 6.45) is 5.22. The van der Waals surface area contributed by atoms with Gasteiger partial charge in [-0.3, -0.25) is 0 Å². The van der Waals surface area contributed by atoms with Crippen molar-refractivity contribution in [1.82, 2.24) is 0 Å². The Morgan fingerprint density at radius 2 is 1.64 bits per heavy atom. The Morgan fingerprint density at radius 1 is 1.07 bits per heavy atom. The smallest absolute Gasteiger partial charge is 0.00755 e. The van der Waals surface area contributed by atoms with Crippen LogP contribution < -0.4 is 5.73 Å². The lowest BCUT2D eigenvalue weighted by molar-refractivity contribution is 0.453. The van der Waals surface area contributed by atoms with Crippen LogP contribution in [-0.2, 0) is 5.41 Å². The van der Waals surface area contributed by atoms with Gasteiger partial charge in [0.05, 0.1) is 0 Å². The lowest BCUT2D eigenvalue weighted by Crippen LogP contribution is -2.31. The van der Waals surface area contributed by atoms with Gasteiger partial charge in [-0.15, -0.1) is 12.4 Å². The third kappa shape index (κ3) is 1.94. The summed E-state index contributed by atoms with van der Waals surface area (Å²) in [4.78, 5) is 0. The van der Waals surface area contributed by atoms with Gasteiger partial charge in [0, 0.05) is 12.0 Å². The van der Waals surface area contributed by atoms with Gasteiger partial charge in [-0.25, -0.2) is 0 Å². The molecule has 1 aliphatic carbocycles. The van der Waals surface area contributed by atoms with Crippen molar-refractivity contribution in [3.63, 3.8) is 0 Å². The minimum atomic E-state index is 0. The minimum absolute atomic E-state index is 0. The van der Waals surface area contributed by atoms with Crippen molar-refractivity contribution in [1.29, 1.82) is 0 Å². The molecule has 0 saturated heterocycles. The van der Waals surface area contributed by atoms with Gasteiger partial charge in [0.15, 0.2) is 0 Å². The molecule has 0 atom stereocenters. The van der Waals surface area contributed by atoms with E-state index >= 15 is 0 Å². The largest absolute Gasteiger partial charge is 0.330 e. The predicted octanol–water partition coefficient (Wildman–Crippen LogP) is 2.88. The highest BCUT2D eigenvalue weighted by molar-refractivity contribution is 5.85. The maximum Gasteiger partial charge on any atom is 0.00755 e. The molecule has 0 heterocycles. The number of halogens is 1. The lowest BCUT2D eigenvalue weighted by atomic mass is 9.79. The van der Waals surface area contributed by atoms with Crippen LogP contribution in [-0.4, -0.2) is 6.54 Å². The molecule has 78 valence electrons. The molecule has 0 aromatic heterocycles. The Hall–Kier alpha value is -0.530. The van der Waals surface area contributed by atoms with E-state index < -0.39 is 0 Å². The van der Waals surface area contributed by atoms with Gasteiger partial charge in [0.1, 0.15) is 0 Å². The minimum Gasteiger partial charge on any atom is -0.330 e. The Balaban J connectivity index is 0.000000980. The normalized spacial score (nSPS) is 18.9. The highest BCUT2D eigenvalue weighted by atomic mass is 35.5. The Kier molecular flexibility index (Phi) is 3.97. The zero-order chi connectivity index (χ0) is 9.15. The van der Waals surface area contributed by atoms with Crippen molar-refractivity contribution >= 4 is 12.4 Å². The van der Waals surface area contributed by atoms with Crippen LogP contribution in [0.1, 0.15) is 31.2 Å². The molecule has 0 radical (unpaired) electrons. The number of benzene rings is 1. The first-order chi connectivity index (χ1) is 6.37. The average Bonchev–Trinajstić information content (AvgIpc) is 2.69. The molecule has 2 N–H and O–H groups in total. The molecule has 0 spiro atoms. The van der Waals surface area contributed by atoms with E-state index in [0.717, 1.165) is 6.54 Å². The summed E-state index contributed by atoms with van der Waals surface area (Å²) in [6, 6.07) is 10.7. The summed E-state index contributed by atoms with van der Waals surface area (Å²) in [6.45, 7) is 0.803. The van der Waals surface area contributed by atoms with Crippen LogP contribution >= 0.6 is 12.4 Å². The predicted molar refractivity (Wildman–Crippen MR) is 62.9 cm³/mol. The van der Waals surface area contributed by atoms with E-state index in [2.05, 4.69) is 30.3 Å². The van der Waals surface area contributed by atoms with Crippen LogP contribution in [0.25, 0.3) is 0 Å². The van der Waals surface area contributed by atoms with E-state index in [1.807, 2.05) is 0 Å².